The van der Waals surface area contributed by atoms with Crippen molar-refractivity contribution < 1.29 is 19.1 Å². The summed E-state index contributed by atoms with van der Waals surface area (Å²) in [5.41, 5.74) is 3.04. The van der Waals surface area contributed by atoms with E-state index in [1.54, 1.807) is 13.2 Å². The zero-order valence-electron chi connectivity index (χ0n) is 16.1. The van der Waals surface area contributed by atoms with E-state index in [2.05, 4.69) is 32.9 Å². The van der Waals surface area contributed by atoms with Gasteiger partial charge in [0.25, 0.3) is 5.91 Å². The molecule has 0 unspecified atom stereocenters. The third-order valence-corrected chi connectivity index (χ3v) is 5.66. The number of benzene rings is 2. The molecule has 0 saturated heterocycles. The second-order valence-electron chi connectivity index (χ2n) is 6.32. The number of hydrogen-bond acceptors (Lipinski definition) is 5. The van der Waals surface area contributed by atoms with Gasteiger partial charge in [0, 0.05) is 6.92 Å². The summed E-state index contributed by atoms with van der Waals surface area (Å²) in [5, 5.41) is 2.82. The lowest BCUT2D eigenvalue weighted by Crippen LogP contribution is -2.23. The highest BCUT2D eigenvalue weighted by Crippen LogP contribution is 2.36. The van der Waals surface area contributed by atoms with Gasteiger partial charge in [-0.2, -0.15) is 4.99 Å². The van der Waals surface area contributed by atoms with Crippen molar-refractivity contribution in [3.05, 3.63) is 61.6 Å². The molecule has 2 amide bonds. The van der Waals surface area contributed by atoms with Gasteiger partial charge in [-0.05, 0) is 70.6 Å². The van der Waals surface area contributed by atoms with Crippen molar-refractivity contribution >= 4 is 57.4 Å². The van der Waals surface area contributed by atoms with Crippen molar-refractivity contribution in [1.29, 1.82) is 0 Å². The van der Waals surface area contributed by atoms with Gasteiger partial charge in [0.15, 0.2) is 16.7 Å². The lowest BCUT2D eigenvalue weighted by atomic mass is 10.1. The molecule has 0 aliphatic carbocycles. The Hall–Kier alpha value is -2.33. The van der Waals surface area contributed by atoms with Crippen LogP contribution in [0.2, 0.25) is 0 Å². The molecule has 0 aromatic heterocycles. The molecule has 0 spiro atoms. The number of ether oxygens (including phenoxy) is 2. The second kappa shape index (κ2) is 9.45. The smallest absolute Gasteiger partial charge is 0.286 e. The van der Waals surface area contributed by atoms with Gasteiger partial charge in [0.05, 0.1) is 15.6 Å². The number of carbonyl (C=O) groups is 2. The summed E-state index contributed by atoms with van der Waals surface area (Å²) in [4.78, 5) is 27.5. The van der Waals surface area contributed by atoms with E-state index in [9.17, 15) is 9.59 Å². The van der Waals surface area contributed by atoms with Crippen molar-refractivity contribution in [2.45, 2.75) is 20.5 Å². The van der Waals surface area contributed by atoms with Crippen LogP contribution >= 0.6 is 34.4 Å². The molecule has 3 rings (SSSR count). The fourth-order valence-electron chi connectivity index (χ4n) is 2.57. The van der Waals surface area contributed by atoms with Crippen LogP contribution in [0.25, 0.3) is 6.08 Å². The van der Waals surface area contributed by atoms with Crippen LogP contribution in [0.5, 0.6) is 11.5 Å². The molecule has 0 atom stereocenters. The molecule has 2 aromatic carbocycles. The number of nitrogens with one attached hydrogen (secondary N) is 1. The Morgan fingerprint density at radius 3 is 2.66 bits per heavy atom. The topological polar surface area (TPSA) is 77.0 Å². The average molecular weight is 522 g/mol. The summed E-state index contributed by atoms with van der Waals surface area (Å²) >= 11 is 3.31. The SMILES string of the molecule is COc1cc(/C=C2/SC(NC(C)=O)=NC2=O)cc(I)c1OCc1ccc(C)cc1. The van der Waals surface area contributed by atoms with Crippen molar-refractivity contribution in [2.75, 3.05) is 7.11 Å². The number of rotatable bonds is 5. The number of thioether (sulfide) groups is 1. The Balaban J connectivity index is 1.79. The van der Waals surface area contributed by atoms with Crippen LogP contribution in [-0.4, -0.2) is 24.1 Å². The predicted molar refractivity (Wildman–Crippen MR) is 123 cm³/mol. The largest absolute Gasteiger partial charge is 0.493 e. The number of methoxy groups -OCH3 is 1. The molecule has 2 aromatic rings. The van der Waals surface area contributed by atoms with Gasteiger partial charge in [-0.25, -0.2) is 0 Å². The van der Waals surface area contributed by atoms with Crippen molar-refractivity contribution in [2.24, 2.45) is 4.99 Å². The van der Waals surface area contributed by atoms with Crippen LogP contribution in [0.1, 0.15) is 23.6 Å². The van der Waals surface area contributed by atoms with Gasteiger partial charge < -0.3 is 14.8 Å². The monoisotopic (exact) mass is 522 g/mol. The minimum absolute atomic E-state index is 0.267. The fraction of sp³-hybridized carbons (Fsp3) is 0.190. The summed E-state index contributed by atoms with van der Waals surface area (Å²) in [6.45, 7) is 3.84. The summed E-state index contributed by atoms with van der Waals surface area (Å²) in [5.74, 6) is 0.578. The Kier molecular flexibility index (Phi) is 6.96. The van der Waals surface area contributed by atoms with Crippen molar-refractivity contribution in [1.82, 2.24) is 5.32 Å². The van der Waals surface area contributed by atoms with E-state index >= 15 is 0 Å². The van der Waals surface area contributed by atoms with Gasteiger partial charge >= 0.3 is 0 Å². The Morgan fingerprint density at radius 1 is 1.28 bits per heavy atom. The summed E-state index contributed by atoms with van der Waals surface area (Å²) in [6.07, 6.45) is 1.72. The van der Waals surface area contributed by atoms with Gasteiger partial charge in [-0.1, -0.05) is 29.8 Å². The molecule has 1 N–H and O–H groups in total. The maximum Gasteiger partial charge on any atom is 0.286 e. The molecule has 29 heavy (non-hydrogen) atoms. The van der Waals surface area contributed by atoms with Crippen LogP contribution in [0, 0.1) is 10.5 Å². The van der Waals surface area contributed by atoms with E-state index in [1.165, 1.54) is 12.5 Å². The molecule has 0 radical (unpaired) electrons. The number of hydrogen-bond donors (Lipinski definition) is 1. The first-order chi connectivity index (χ1) is 13.9. The maximum absolute atomic E-state index is 12.1. The molecule has 0 fully saturated rings. The van der Waals surface area contributed by atoms with Gasteiger partial charge in [-0.3, -0.25) is 9.59 Å². The number of amides is 2. The molecular formula is C21H19IN2O4S. The van der Waals surface area contributed by atoms with Gasteiger partial charge in [0.2, 0.25) is 5.91 Å². The van der Waals surface area contributed by atoms with Gasteiger partial charge in [-0.15, -0.1) is 0 Å². The second-order valence-corrected chi connectivity index (χ2v) is 8.52. The first-order valence-corrected chi connectivity index (χ1v) is 10.6. The summed E-state index contributed by atoms with van der Waals surface area (Å²) < 4.78 is 12.4. The number of carbonyl (C=O) groups excluding carboxylic acids is 2. The lowest BCUT2D eigenvalue weighted by molar-refractivity contribution is -0.117. The number of nitrogens with zero attached hydrogens (tertiary/aromatic N) is 1. The quantitative estimate of drug-likeness (QED) is 0.469. The molecule has 1 aliphatic heterocycles. The highest BCUT2D eigenvalue weighted by molar-refractivity contribution is 14.1. The van der Waals surface area contributed by atoms with Crippen LogP contribution in [0.3, 0.4) is 0 Å². The molecule has 0 saturated carbocycles. The average Bonchev–Trinajstić information content (AvgIpc) is 2.99. The molecule has 1 heterocycles. The molecular weight excluding hydrogens is 503 g/mol. The zero-order chi connectivity index (χ0) is 21.0. The van der Waals surface area contributed by atoms with E-state index in [1.807, 2.05) is 43.3 Å². The number of halogens is 1. The standard InChI is InChI=1S/C21H19IN2O4S/c1-12-4-6-14(7-5-12)11-28-19-16(22)8-15(9-17(19)27-3)10-18-20(26)24-21(29-18)23-13(2)25/h4-10H,11H2,1-3H3,(H,23,24,25,26)/b18-10+. The highest BCUT2D eigenvalue weighted by atomic mass is 127. The molecule has 1 aliphatic rings. The molecule has 150 valence electrons. The normalized spacial score (nSPS) is 14.7. The van der Waals surface area contributed by atoms with E-state index in [0.717, 1.165) is 26.5 Å². The van der Waals surface area contributed by atoms with Gasteiger partial charge in [0.1, 0.15) is 6.61 Å². The van der Waals surface area contributed by atoms with Crippen LogP contribution in [0.4, 0.5) is 0 Å². The number of aliphatic imine (C=N–C) groups is 1. The van der Waals surface area contributed by atoms with E-state index in [0.29, 0.717) is 23.0 Å². The summed E-state index contributed by atoms with van der Waals surface area (Å²) in [7, 11) is 1.58. The number of amidine groups is 1. The minimum Gasteiger partial charge on any atom is -0.493 e. The highest BCUT2D eigenvalue weighted by Gasteiger charge is 2.23. The Morgan fingerprint density at radius 2 is 2.00 bits per heavy atom. The maximum atomic E-state index is 12.1. The van der Waals surface area contributed by atoms with E-state index in [-0.39, 0.29) is 17.0 Å². The van der Waals surface area contributed by atoms with Crippen molar-refractivity contribution in [3.8, 4) is 11.5 Å². The predicted octanol–water partition coefficient (Wildman–Crippen LogP) is 4.29. The third kappa shape index (κ3) is 5.60. The first kappa shape index (κ1) is 21.4. The Labute approximate surface area is 186 Å². The molecule has 6 nitrogen and oxygen atoms in total. The van der Waals surface area contributed by atoms with Crippen molar-refractivity contribution in [3.63, 3.8) is 0 Å². The van der Waals surface area contributed by atoms with Crippen LogP contribution < -0.4 is 14.8 Å². The first-order valence-electron chi connectivity index (χ1n) is 8.71. The molecule has 8 heteroatoms. The van der Waals surface area contributed by atoms with E-state index in [4.69, 9.17) is 9.47 Å². The summed E-state index contributed by atoms with van der Waals surface area (Å²) in [6, 6.07) is 11.9. The van der Waals surface area contributed by atoms with Crippen LogP contribution in [-0.2, 0) is 16.2 Å². The lowest BCUT2D eigenvalue weighted by Gasteiger charge is -2.14. The number of aryl methyl sites for hydroxylation is 1. The zero-order valence-corrected chi connectivity index (χ0v) is 19.1. The third-order valence-electron chi connectivity index (χ3n) is 3.96. The minimum atomic E-state index is -0.382. The molecule has 0 bridgehead atoms. The van der Waals surface area contributed by atoms with Crippen LogP contribution in [0.15, 0.2) is 46.3 Å². The van der Waals surface area contributed by atoms with E-state index < -0.39 is 0 Å². The fourth-order valence-corrected chi connectivity index (χ4v) is 4.21. The Bertz CT molecular complexity index is 1020.